The van der Waals surface area contributed by atoms with Crippen molar-refractivity contribution in [2.24, 2.45) is 5.92 Å². The number of rotatable bonds is 8. The zero-order chi connectivity index (χ0) is 26.4. The van der Waals surface area contributed by atoms with Crippen molar-refractivity contribution in [3.8, 4) is 0 Å². The summed E-state index contributed by atoms with van der Waals surface area (Å²) < 4.78 is 5.38. The standard InChI is InChI=1S/C27H43N3O4/c1-12-13-30(24(32)21(17(2)3)28-25(33)34-27(9,10)11)22(23(31)29-26(6,7)8)20-15-18(4)14-19(5)16-20/h12,14-17,21-22H,1,13H2,2-11H3,(H,28,33)(H,29,31). The van der Waals surface area contributed by atoms with Gasteiger partial charge in [0.1, 0.15) is 17.7 Å². The number of amides is 3. The monoisotopic (exact) mass is 473 g/mol. The van der Waals surface area contributed by atoms with Gasteiger partial charge in [0.2, 0.25) is 11.8 Å². The van der Waals surface area contributed by atoms with E-state index in [0.717, 1.165) is 11.1 Å². The third-order valence-corrected chi connectivity index (χ3v) is 4.83. The predicted molar refractivity (Wildman–Crippen MR) is 136 cm³/mol. The number of carbonyl (C=O) groups is 3. The van der Waals surface area contributed by atoms with Crippen molar-refractivity contribution in [1.82, 2.24) is 15.5 Å². The Morgan fingerprint density at radius 2 is 1.56 bits per heavy atom. The van der Waals surface area contributed by atoms with Gasteiger partial charge in [0.25, 0.3) is 0 Å². The van der Waals surface area contributed by atoms with E-state index in [1.54, 1.807) is 26.8 Å². The van der Waals surface area contributed by atoms with Gasteiger partial charge in [-0.3, -0.25) is 9.59 Å². The number of ether oxygens (including phenoxy) is 1. The molecule has 0 bridgehead atoms. The lowest BCUT2D eigenvalue weighted by atomic mass is 9.96. The summed E-state index contributed by atoms with van der Waals surface area (Å²) in [6.07, 6.45) is 0.906. The normalized spacial score (nSPS) is 13.6. The van der Waals surface area contributed by atoms with E-state index in [2.05, 4.69) is 17.2 Å². The Morgan fingerprint density at radius 3 is 1.97 bits per heavy atom. The maximum Gasteiger partial charge on any atom is 0.408 e. The van der Waals surface area contributed by atoms with Crippen LogP contribution in [0.2, 0.25) is 0 Å². The number of alkyl carbamates (subject to hydrolysis) is 1. The molecule has 0 heterocycles. The molecule has 1 aromatic rings. The number of aryl methyl sites for hydroxylation is 2. The molecule has 0 fully saturated rings. The van der Waals surface area contributed by atoms with E-state index in [4.69, 9.17) is 4.74 Å². The summed E-state index contributed by atoms with van der Waals surface area (Å²) in [7, 11) is 0. The third-order valence-electron chi connectivity index (χ3n) is 4.83. The minimum atomic E-state index is -0.898. The van der Waals surface area contributed by atoms with Crippen LogP contribution in [0.3, 0.4) is 0 Å². The van der Waals surface area contributed by atoms with Crippen LogP contribution in [-0.2, 0) is 14.3 Å². The van der Waals surface area contributed by atoms with E-state index in [1.165, 1.54) is 4.90 Å². The van der Waals surface area contributed by atoms with Crippen LogP contribution in [0.25, 0.3) is 0 Å². The molecule has 2 atom stereocenters. The van der Waals surface area contributed by atoms with Crippen LogP contribution in [0.15, 0.2) is 30.9 Å². The summed E-state index contributed by atoms with van der Waals surface area (Å²) in [4.78, 5) is 41.4. The summed E-state index contributed by atoms with van der Waals surface area (Å²) in [5.41, 5.74) is 1.48. The summed E-state index contributed by atoms with van der Waals surface area (Å²) in [5.74, 6) is -0.917. The molecule has 0 aliphatic carbocycles. The first-order valence-electron chi connectivity index (χ1n) is 11.8. The number of benzene rings is 1. The van der Waals surface area contributed by atoms with Crippen molar-refractivity contribution >= 4 is 17.9 Å². The molecule has 7 heteroatoms. The van der Waals surface area contributed by atoms with Gasteiger partial charge in [-0.05, 0) is 66.9 Å². The summed E-state index contributed by atoms with van der Waals surface area (Å²) in [6.45, 7) is 22.5. The molecular weight excluding hydrogens is 430 g/mol. The molecule has 0 saturated carbocycles. The molecule has 1 rings (SSSR count). The first-order valence-corrected chi connectivity index (χ1v) is 11.8. The van der Waals surface area contributed by atoms with Crippen molar-refractivity contribution in [1.29, 1.82) is 0 Å². The zero-order valence-corrected chi connectivity index (χ0v) is 22.5. The van der Waals surface area contributed by atoms with Gasteiger partial charge in [0, 0.05) is 12.1 Å². The molecule has 2 unspecified atom stereocenters. The largest absolute Gasteiger partial charge is 0.444 e. The molecule has 7 nitrogen and oxygen atoms in total. The molecule has 0 saturated heterocycles. The van der Waals surface area contributed by atoms with E-state index in [0.29, 0.717) is 5.56 Å². The highest BCUT2D eigenvalue weighted by molar-refractivity contribution is 5.92. The number of nitrogens with zero attached hydrogens (tertiary/aromatic N) is 1. The Kier molecular flexibility index (Phi) is 9.91. The summed E-state index contributed by atoms with van der Waals surface area (Å²) in [5, 5.41) is 5.72. The van der Waals surface area contributed by atoms with E-state index < -0.39 is 29.3 Å². The van der Waals surface area contributed by atoms with Crippen LogP contribution in [-0.4, -0.2) is 46.5 Å². The molecule has 0 aliphatic rings. The molecular formula is C27H43N3O4. The number of hydrogen-bond acceptors (Lipinski definition) is 4. The Morgan fingerprint density at radius 1 is 1.03 bits per heavy atom. The average Bonchev–Trinajstić information content (AvgIpc) is 2.61. The first kappa shape index (κ1) is 29.2. The van der Waals surface area contributed by atoms with Crippen molar-refractivity contribution < 1.29 is 19.1 Å². The number of hydrogen-bond donors (Lipinski definition) is 2. The molecule has 2 N–H and O–H groups in total. The Bertz CT molecular complexity index is 874. The second kappa shape index (κ2) is 11.5. The second-order valence-electron chi connectivity index (χ2n) is 11.2. The van der Waals surface area contributed by atoms with Gasteiger partial charge < -0.3 is 20.3 Å². The predicted octanol–water partition coefficient (Wildman–Crippen LogP) is 4.82. The average molecular weight is 474 g/mol. The maximum absolute atomic E-state index is 13.9. The van der Waals surface area contributed by atoms with Gasteiger partial charge in [-0.1, -0.05) is 49.2 Å². The smallest absolute Gasteiger partial charge is 0.408 e. The summed E-state index contributed by atoms with van der Waals surface area (Å²) in [6, 6.07) is 4.06. The lowest BCUT2D eigenvalue weighted by Crippen LogP contribution is -2.56. The molecule has 0 aromatic heterocycles. The van der Waals surface area contributed by atoms with Gasteiger partial charge in [-0.15, -0.1) is 6.58 Å². The van der Waals surface area contributed by atoms with Gasteiger partial charge in [0.15, 0.2) is 0 Å². The van der Waals surface area contributed by atoms with Crippen molar-refractivity contribution in [3.05, 3.63) is 47.5 Å². The fourth-order valence-electron chi connectivity index (χ4n) is 3.67. The van der Waals surface area contributed by atoms with E-state index in [1.807, 2.05) is 66.7 Å². The zero-order valence-electron chi connectivity index (χ0n) is 22.5. The molecule has 190 valence electrons. The highest BCUT2D eigenvalue weighted by Gasteiger charge is 2.38. The molecule has 3 amide bonds. The highest BCUT2D eigenvalue weighted by Crippen LogP contribution is 2.26. The topological polar surface area (TPSA) is 87.7 Å². The van der Waals surface area contributed by atoms with E-state index in [9.17, 15) is 14.4 Å². The van der Waals surface area contributed by atoms with Crippen LogP contribution in [0.1, 0.15) is 78.1 Å². The van der Waals surface area contributed by atoms with Crippen molar-refractivity contribution in [2.75, 3.05) is 6.54 Å². The summed E-state index contributed by atoms with van der Waals surface area (Å²) >= 11 is 0. The van der Waals surface area contributed by atoms with Crippen molar-refractivity contribution in [3.63, 3.8) is 0 Å². The quantitative estimate of drug-likeness (QED) is 0.530. The van der Waals surface area contributed by atoms with Crippen LogP contribution >= 0.6 is 0 Å². The fourth-order valence-corrected chi connectivity index (χ4v) is 3.67. The highest BCUT2D eigenvalue weighted by atomic mass is 16.6. The molecule has 0 radical (unpaired) electrons. The van der Waals surface area contributed by atoms with E-state index in [-0.39, 0.29) is 24.3 Å². The van der Waals surface area contributed by atoms with Crippen LogP contribution in [0.4, 0.5) is 4.79 Å². The van der Waals surface area contributed by atoms with Gasteiger partial charge in [0.05, 0.1) is 0 Å². The Balaban J connectivity index is 3.52. The fraction of sp³-hybridized carbons (Fsp3) is 0.593. The van der Waals surface area contributed by atoms with Gasteiger partial charge in [-0.25, -0.2) is 4.79 Å². The number of nitrogens with one attached hydrogen (secondary N) is 2. The van der Waals surface area contributed by atoms with Gasteiger partial charge >= 0.3 is 6.09 Å². The lowest BCUT2D eigenvalue weighted by Gasteiger charge is -2.36. The van der Waals surface area contributed by atoms with Crippen LogP contribution in [0, 0.1) is 19.8 Å². The Hall–Kier alpha value is -2.83. The molecule has 0 spiro atoms. The van der Waals surface area contributed by atoms with Crippen LogP contribution < -0.4 is 10.6 Å². The molecule has 1 aromatic carbocycles. The first-order chi connectivity index (χ1) is 15.4. The van der Waals surface area contributed by atoms with Crippen LogP contribution in [0.5, 0.6) is 0 Å². The third kappa shape index (κ3) is 9.20. The lowest BCUT2D eigenvalue weighted by molar-refractivity contribution is -0.143. The maximum atomic E-state index is 13.9. The number of carbonyl (C=O) groups excluding carboxylic acids is 3. The minimum absolute atomic E-state index is 0.132. The molecule has 34 heavy (non-hydrogen) atoms. The van der Waals surface area contributed by atoms with E-state index >= 15 is 0 Å². The van der Waals surface area contributed by atoms with Gasteiger partial charge in [-0.2, -0.15) is 0 Å². The second-order valence-corrected chi connectivity index (χ2v) is 11.2. The van der Waals surface area contributed by atoms with Crippen molar-refractivity contribution in [2.45, 2.75) is 92.5 Å². The molecule has 0 aliphatic heterocycles. The SMILES string of the molecule is C=CCN(C(=O)C(NC(=O)OC(C)(C)C)C(C)C)C(C(=O)NC(C)(C)C)c1cc(C)cc(C)c1. The minimum Gasteiger partial charge on any atom is -0.444 e. The Labute approximate surface area is 205 Å².